The number of aliphatic imine (C=N–C) groups is 1. The number of nitrogens with zero attached hydrogens (tertiary/aromatic N) is 3. The summed E-state index contributed by atoms with van der Waals surface area (Å²) in [5.41, 5.74) is -0.321. The van der Waals surface area contributed by atoms with E-state index in [4.69, 9.17) is 23.2 Å². The molecule has 0 radical (unpaired) electrons. The highest BCUT2D eigenvalue weighted by molar-refractivity contribution is 6.43. The summed E-state index contributed by atoms with van der Waals surface area (Å²) in [5, 5.41) is 3.70. The van der Waals surface area contributed by atoms with E-state index in [1.165, 1.54) is 0 Å². The van der Waals surface area contributed by atoms with Crippen LogP contribution in [0, 0.1) is 5.41 Å². The van der Waals surface area contributed by atoms with Crippen LogP contribution in [0.1, 0.15) is 39.5 Å². The van der Waals surface area contributed by atoms with E-state index in [1.54, 1.807) is 17.0 Å². The molecule has 0 aliphatic carbocycles. The standard InChI is InChI=1S/C18H22Cl2N4O2/c1-3-5-9-18(4-2)15(25)22-17-21-10-23(11-24(17)16(18)26)13-8-6-7-12(19)14(13)20/h6-8H,3-5,9-11H2,1-2H3,(H,21,22,25). The lowest BCUT2D eigenvalue weighted by atomic mass is 9.76. The number of benzene rings is 1. The van der Waals surface area contributed by atoms with Crippen LogP contribution in [0.25, 0.3) is 0 Å². The zero-order valence-electron chi connectivity index (χ0n) is 14.9. The molecule has 0 aromatic heterocycles. The SMILES string of the molecule is CCCCC1(CC)C(=O)NC2=NCN(c3cccc(Cl)c3Cl)CN2C1=O. The van der Waals surface area contributed by atoms with E-state index in [1.807, 2.05) is 24.8 Å². The van der Waals surface area contributed by atoms with Gasteiger partial charge in [0.25, 0.3) is 0 Å². The van der Waals surface area contributed by atoms with Gasteiger partial charge in [0.1, 0.15) is 18.8 Å². The molecule has 2 heterocycles. The minimum absolute atomic E-state index is 0.196. The molecule has 1 saturated heterocycles. The van der Waals surface area contributed by atoms with E-state index in [0.29, 0.717) is 34.5 Å². The number of fused-ring (bicyclic) bond motifs is 1. The fraction of sp³-hybridized carbons (Fsp3) is 0.500. The number of rotatable bonds is 5. The van der Waals surface area contributed by atoms with Gasteiger partial charge in [0.2, 0.25) is 17.8 Å². The maximum atomic E-state index is 13.3. The second-order valence-corrected chi connectivity index (χ2v) is 7.39. The number of carbonyl (C=O) groups excluding carboxylic acids is 2. The molecular weight excluding hydrogens is 375 g/mol. The van der Waals surface area contributed by atoms with Gasteiger partial charge in [0.15, 0.2) is 0 Å². The third kappa shape index (κ3) is 3.05. The number of hydrogen-bond donors (Lipinski definition) is 1. The van der Waals surface area contributed by atoms with Crippen molar-refractivity contribution in [3.05, 3.63) is 28.2 Å². The predicted octanol–water partition coefficient (Wildman–Crippen LogP) is 3.63. The van der Waals surface area contributed by atoms with E-state index in [-0.39, 0.29) is 25.2 Å². The first-order chi connectivity index (χ1) is 12.4. The molecule has 140 valence electrons. The number of nitrogens with one attached hydrogen (secondary N) is 1. The highest BCUT2D eigenvalue weighted by Gasteiger charge is 2.52. The van der Waals surface area contributed by atoms with Crippen molar-refractivity contribution in [2.24, 2.45) is 10.4 Å². The van der Waals surface area contributed by atoms with Gasteiger partial charge in [0.05, 0.1) is 15.7 Å². The van der Waals surface area contributed by atoms with Crippen molar-refractivity contribution in [2.45, 2.75) is 39.5 Å². The lowest BCUT2D eigenvalue weighted by molar-refractivity contribution is -0.151. The summed E-state index contributed by atoms with van der Waals surface area (Å²) in [6.07, 6.45) is 2.73. The van der Waals surface area contributed by atoms with Crippen molar-refractivity contribution in [1.29, 1.82) is 0 Å². The Balaban J connectivity index is 1.92. The summed E-state index contributed by atoms with van der Waals surface area (Å²) in [4.78, 5) is 33.7. The van der Waals surface area contributed by atoms with Gasteiger partial charge in [-0.25, -0.2) is 4.99 Å². The molecule has 1 N–H and O–H groups in total. The normalized spacial score (nSPS) is 22.8. The number of anilines is 1. The van der Waals surface area contributed by atoms with Gasteiger partial charge in [-0.3, -0.25) is 19.8 Å². The van der Waals surface area contributed by atoms with Gasteiger partial charge < -0.3 is 4.90 Å². The maximum Gasteiger partial charge on any atom is 0.246 e. The molecule has 3 rings (SSSR count). The van der Waals surface area contributed by atoms with Crippen molar-refractivity contribution in [2.75, 3.05) is 18.2 Å². The predicted molar refractivity (Wildman–Crippen MR) is 103 cm³/mol. The molecule has 1 fully saturated rings. The Kier molecular flexibility index (Phi) is 5.44. The molecule has 1 aromatic carbocycles. The van der Waals surface area contributed by atoms with Gasteiger partial charge in [-0.15, -0.1) is 0 Å². The summed E-state index contributed by atoms with van der Waals surface area (Å²) in [7, 11) is 0. The second kappa shape index (κ2) is 7.45. The smallest absolute Gasteiger partial charge is 0.246 e. The fourth-order valence-electron chi connectivity index (χ4n) is 3.44. The molecule has 1 atom stereocenters. The maximum absolute atomic E-state index is 13.3. The summed E-state index contributed by atoms with van der Waals surface area (Å²) >= 11 is 12.4. The molecule has 26 heavy (non-hydrogen) atoms. The molecule has 0 bridgehead atoms. The number of amides is 2. The van der Waals surface area contributed by atoms with E-state index in [2.05, 4.69) is 10.3 Å². The van der Waals surface area contributed by atoms with Crippen molar-refractivity contribution in [1.82, 2.24) is 10.2 Å². The summed E-state index contributed by atoms with van der Waals surface area (Å²) in [6.45, 7) is 4.48. The number of hydrogen-bond acceptors (Lipinski definition) is 4. The Morgan fingerprint density at radius 1 is 1.27 bits per heavy atom. The summed E-state index contributed by atoms with van der Waals surface area (Å²) < 4.78 is 0. The highest BCUT2D eigenvalue weighted by Crippen LogP contribution is 2.37. The Bertz CT molecular complexity index is 768. The number of halogens is 2. The van der Waals surface area contributed by atoms with Crippen LogP contribution in [0.4, 0.5) is 5.69 Å². The van der Waals surface area contributed by atoms with E-state index in [0.717, 1.165) is 12.8 Å². The highest BCUT2D eigenvalue weighted by atomic mass is 35.5. The zero-order valence-corrected chi connectivity index (χ0v) is 16.4. The van der Waals surface area contributed by atoms with Gasteiger partial charge >= 0.3 is 0 Å². The van der Waals surface area contributed by atoms with Crippen LogP contribution in [0.15, 0.2) is 23.2 Å². The minimum Gasteiger partial charge on any atom is -0.332 e. The molecule has 8 heteroatoms. The topological polar surface area (TPSA) is 65.0 Å². The molecular formula is C18H22Cl2N4O2. The zero-order chi connectivity index (χ0) is 18.9. The molecule has 0 spiro atoms. The number of guanidine groups is 1. The van der Waals surface area contributed by atoms with Crippen LogP contribution < -0.4 is 10.2 Å². The Morgan fingerprint density at radius 3 is 2.73 bits per heavy atom. The lowest BCUT2D eigenvalue weighted by Crippen LogP contribution is -2.67. The monoisotopic (exact) mass is 396 g/mol. The van der Waals surface area contributed by atoms with Crippen LogP contribution in [0.5, 0.6) is 0 Å². The van der Waals surface area contributed by atoms with Gasteiger partial charge in [0, 0.05) is 0 Å². The number of carbonyl (C=O) groups is 2. The van der Waals surface area contributed by atoms with E-state index < -0.39 is 5.41 Å². The first-order valence-corrected chi connectivity index (χ1v) is 9.57. The molecule has 1 unspecified atom stereocenters. The molecule has 2 aliphatic heterocycles. The van der Waals surface area contributed by atoms with Crippen molar-refractivity contribution >= 4 is 46.7 Å². The lowest BCUT2D eigenvalue weighted by Gasteiger charge is -2.45. The summed E-state index contributed by atoms with van der Waals surface area (Å²) in [5.74, 6) is -0.128. The van der Waals surface area contributed by atoms with Gasteiger partial charge in [-0.1, -0.05) is 56.0 Å². The van der Waals surface area contributed by atoms with Crippen LogP contribution >= 0.6 is 23.2 Å². The largest absolute Gasteiger partial charge is 0.332 e. The van der Waals surface area contributed by atoms with Crippen molar-refractivity contribution < 1.29 is 9.59 Å². The van der Waals surface area contributed by atoms with E-state index >= 15 is 0 Å². The first-order valence-electron chi connectivity index (χ1n) is 8.81. The Hall–Kier alpha value is -1.79. The van der Waals surface area contributed by atoms with Crippen LogP contribution in [0.3, 0.4) is 0 Å². The third-order valence-corrected chi connectivity index (χ3v) is 5.91. The Morgan fingerprint density at radius 2 is 2.04 bits per heavy atom. The van der Waals surface area contributed by atoms with E-state index in [9.17, 15) is 9.59 Å². The third-order valence-electron chi connectivity index (χ3n) is 5.11. The Labute approximate surface area is 163 Å². The van der Waals surface area contributed by atoms with Crippen molar-refractivity contribution in [3.63, 3.8) is 0 Å². The fourth-order valence-corrected chi connectivity index (χ4v) is 3.86. The van der Waals surface area contributed by atoms with Gasteiger partial charge in [-0.05, 0) is 25.0 Å². The summed E-state index contributed by atoms with van der Waals surface area (Å²) in [6, 6.07) is 5.36. The first kappa shape index (κ1) is 19.0. The molecule has 1 aromatic rings. The average molecular weight is 397 g/mol. The average Bonchev–Trinajstić information content (AvgIpc) is 2.64. The van der Waals surface area contributed by atoms with Gasteiger partial charge in [-0.2, -0.15) is 0 Å². The molecule has 2 amide bonds. The van der Waals surface area contributed by atoms with Crippen molar-refractivity contribution in [3.8, 4) is 0 Å². The quantitative estimate of drug-likeness (QED) is 0.772. The molecule has 0 saturated carbocycles. The molecule has 6 nitrogen and oxygen atoms in total. The molecule has 2 aliphatic rings. The number of unbranched alkanes of at least 4 members (excludes halogenated alkanes) is 1. The second-order valence-electron chi connectivity index (χ2n) is 6.60. The minimum atomic E-state index is -1.03. The van der Waals surface area contributed by atoms with Crippen LogP contribution in [-0.4, -0.2) is 36.0 Å². The van der Waals surface area contributed by atoms with Crippen LogP contribution in [0.2, 0.25) is 10.0 Å². The van der Waals surface area contributed by atoms with Crippen LogP contribution in [-0.2, 0) is 9.59 Å².